The summed E-state index contributed by atoms with van der Waals surface area (Å²) in [6.07, 6.45) is 2.38. The third-order valence-corrected chi connectivity index (χ3v) is 6.45. The van der Waals surface area contributed by atoms with E-state index in [-0.39, 0.29) is 24.0 Å². The first-order valence-electron chi connectivity index (χ1n) is 11.7. The fraction of sp³-hybridized carbons (Fsp3) is 0.222. The van der Waals surface area contributed by atoms with Crippen molar-refractivity contribution in [2.75, 3.05) is 37.9 Å². The SMILES string of the molecule is COc1ccc(OC)c(N(CC(=O)N/N=C\c2ccc(OCC(=O)NCc3ccccc3)cc2)S(C)(=O)=O)c1. The van der Waals surface area contributed by atoms with E-state index in [0.717, 1.165) is 16.1 Å². The highest BCUT2D eigenvalue weighted by Crippen LogP contribution is 2.33. The van der Waals surface area contributed by atoms with Crippen molar-refractivity contribution in [1.29, 1.82) is 0 Å². The summed E-state index contributed by atoms with van der Waals surface area (Å²) >= 11 is 0. The van der Waals surface area contributed by atoms with Crippen molar-refractivity contribution in [3.63, 3.8) is 0 Å². The average molecular weight is 555 g/mol. The maximum atomic E-state index is 12.5. The zero-order valence-corrected chi connectivity index (χ0v) is 22.6. The Bertz CT molecular complexity index is 1400. The van der Waals surface area contributed by atoms with E-state index in [4.69, 9.17) is 14.2 Å². The van der Waals surface area contributed by atoms with E-state index < -0.39 is 22.5 Å². The van der Waals surface area contributed by atoms with Crippen LogP contribution in [0.15, 0.2) is 77.9 Å². The van der Waals surface area contributed by atoms with Crippen molar-refractivity contribution in [3.05, 3.63) is 83.9 Å². The molecule has 0 heterocycles. The molecule has 0 unspecified atom stereocenters. The van der Waals surface area contributed by atoms with Gasteiger partial charge in [0.1, 0.15) is 23.8 Å². The van der Waals surface area contributed by atoms with Gasteiger partial charge in [-0.05, 0) is 47.5 Å². The molecule has 206 valence electrons. The molecule has 0 aliphatic carbocycles. The van der Waals surface area contributed by atoms with Gasteiger partial charge in [0.2, 0.25) is 10.0 Å². The number of nitrogens with zero attached hydrogens (tertiary/aromatic N) is 2. The van der Waals surface area contributed by atoms with Crippen LogP contribution in [-0.2, 0) is 26.2 Å². The Morgan fingerprint density at radius 1 is 0.923 bits per heavy atom. The molecule has 11 nitrogen and oxygen atoms in total. The predicted molar refractivity (Wildman–Crippen MR) is 148 cm³/mol. The molecule has 39 heavy (non-hydrogen) atoms. The molecule has 0 saturated heterocycles. The number of benzene rings is 3. The number of rotatable bonds is 13. The minimum atomic E-state index is -3.84. The van der Waals surface area contributed by atoms with E-state index in [2.05, 4.69) is 15.8 Å². The van der Waals surface area contributed by atoms with Gasteiger partial charge in [-0.15, -0.1) is 0 Å². The lowest BCUT2D eigenvalue weighted by atomic mass is 10.2. The van der Waals surface area contributed by atoms with E-state index in [1.165, 1.54) is 26.5 Å². The molecular weight excluding hydrogens is 524 g/mol. The maximum Gasteiger partial charge on any atom is 0.260 e. The van der Waals surface area contributed by atoms with Crippen LogP contribution in [-0.4, -0.2) is 60.1 Å². The molecule has 12 heteroatoms. The number of hydrogen-bond acceptors (Lipinski definition) is 8. The summed E-state index contributed by atoms with van der Waals surface area (Å²) in [7, 11) is -0.999. The van der Waals surface area contributed by atoms with E-state index in [1.54, 1.807) is 36.4 Å². The molecule has 3 aromatic carbocycles. The Balaban J connectivity index is 1.52. The summed E-state index contributed by atoms with van der Waals surface area (Å²) in [5, 5.41) is 6.68. The van der Waals surface area contributed by atoms with Gasteiger partial charge in [-0.1, -0.05) is 30.3 Å². The van der Waals surface area contributed by atoms with Gasteiger partial charge in [-0.2, -0.15) is 5.10 Å². The topological polar surface area (TPSA) is 136 Å². The van der Waals surface area contributed by atoms with Crippen LogP contribution in [0.4, 0.5) is 5.69 Å². The quantitative estimate of drug-likeness (QED) is 0.245. The van der Waals surface area contributed by atoms with Crippen LogP contribution >= 0.6 is 0 Å². The van der Waals surface area contributed by atoms with Gasteiger partial charge in [-0.3, -0.25) is 13.9 Å². The monoisotopic (exact) mass is 554 g/mol. The Labute approximate surface area is 227 Å². The molecule has 0 saturated carbocycles. The Hall–Kier alpha value is -4.58. The highest BCUT2D eigenvalue weighted by Gasteiger charge is 2.24. The number of anilines is 1. The van der Waals surface area contributed by atoms with Crippen molar-refractivity contribution in [2.24, 2.45) is 5.10 Å². The second-order valence-electron chi connectivity index (χ2n) is 8.22. The van der Waals surface area contributed by atoms with Crippen LogP contribution in [0.1, 0.15) is 11.1 Å². The molecule has 0 aliphatic heterocycles. The standard InChI is InChI=1S/C27H30N4O7S/c1-36-23-13-14-25(37-2)24(15-23)31(39(3,34)35)18-26(32)30-29-17-21-9-11-22(12-10-21)38-19-27(33)28-16-20-7-5-4-6-8-20/h4-15,17H,16,18-19H2,1-3H3,(H,28,33)(H,30,32)/b29-17-. The number of carbonyl (C=O) groups excluding carboxylic acids is 2. The number of amides is 2. The van der Waals surface area contributed by atoms with Gasteiger partial charge in [0, 0.05) is 12.6 Å². The highest BCUT2D eigenvalue weighted by atomic mass is 32.2. The molecule has 0 atom stereocenters. The summed E-state index contributed by atoms with van der Waals surface area (Å²) in [5.41, 5.74) is 4.11. The van der Waals surface area contributed by atoms with Gasteiger partial charge in [0.05, 0.1) is 32.4 Å². The summed E-state index contributed by atoms with van der Waals surface area (Å²) in [4.78, 5) is 24.5. The van der Waals surface area contributed by atoms with Crippen LogP contribution in [0, 0.1) is 0 Å². The Morgan fingerprint density at radius 2 is 1.62 bits per heavy atom. The molecule has 3 aromatic rings. The smallest absolute Gasteiger partial charge is 0.260 e. The van der Waals surface area contributed by atoms with E-state index in [1.807, 2.05) is 30.3 Å². The number of sulfonamides is 1. The third kappa shape index (κ3) is 9.04. The number of hydrogen-bond donors (Lipinski definition) is 2. The summed E-state index contributed by atoms with van der Waals surface area (Å²) in [5.74, 6) is 0.235. The fourth-order valence-electron chi connectivity index (χ4n) is 3.36. The van der Waals surface area contributed by atoms with Crippen LogP contribution in [0.2, 0.25) is 0 Å². The van der Waals surface area contributed by atoms with E-state index >= 15 is 0 Å². The normalized spacial score (nSPS) is 11.1. The summed E-state index contributed by atoms with van der Waals surface area (Å²) < 4.78 is 41.7. The average Bonchev–Trinajstić information content (AvgIpc) is 2.94. The molecular formula is C27H30N4O7S. The first-order chi connectivity index (χ1) is 18.7. The maximum absolute atomic E-state index is 12.5. The lowest BCUT2D eigenvalue weighted by molar-refractivity contribution is -0.123. The van der Waals surface area contributed by atoms with E-state index in [9.17, 15) is 18.0 Å². The molecule has 2 amide bonds. The largest absolute Gasteiger partial charge is 0.497 e. The van der Waals surface area contributed by atoms with Crippen molar-refractivity contribution in [2.45, 2.75) is 6.54 Å². The molecule has 0 fully saturated rings. The number of nitrogens with one attached hydrogen (secondary N) is 2. The Morgan fingerprint density at radius 3 is 2.26 bits per heavy atom. The van der Waals surface area contributed by atoms with Crippen LogP contribution in [0.25, 0.3) is 0 Å². The molecule has 0 aromatic heterocycles. The fourth-order valence-corrected chi connectivity index (χ4v) is 4.22. The van der Waals surface area contributed by atoms with Crippen LogP contribution < -0.4 is 29.3 Å². The van der Waals surface area contributed by atoms with Crippen molar-refractivity contribution < 1.29 is 32.2 Å². The van der Waals surface area contributed by atoms with Gasteiger partial charge < -0.3 is 19.5 Å². The molecule has 0 spiro atoms. The third-order valence-electron chi connectivity index (χ3n) is 5.33. The molecule has 3 rings (SSSR count). The van der Waals surface area contributed by atoms with Gasteiger partial charge in [-0.25, -0.2) is 13.8 Å². The molecule has 0 aliphatic rings. The van der Waals surface area contributed by atoms with Crippen LogP contribution in [0.5, 0.6) is 17.2 Å². The number of hydrazone groups is 1. The highest BCUT2D eigenvalue weighted by molar-refractivity contribution is 7.92. The van der Waals surface area contributed by atoms with Crippen molar-refractivity contribution >= 4 is 33.7 Å². The second-order valence-corrected chi connectivity index (χ2v) is 10.1. The number of methoxy groups -OCH3 is 2. The first-order valence-corrected chi connectivity index (χ1v) is 13.6. The first kappa shape index (κ1) is 29.0. The number of ether oxygens (including phenoxy) is 3. The lowest BCUT2D eigenvalue weighted by Gasteiger charge is -2.23. The van der Waals surface area contributed by atoms with E-state index in [0.29, 0.717) is 23.6 Å². The minimum Gasteiger partial charge on any atom is -0.497 e. The van der Waals surface area contributed by atoms with Gasteiger partial charge >= 0.3 is 0 Å². The second kappa shape index (κ2) is 13.8. The summed E-state index contributed by atoms with van der Waals surface area (Å²) in [6.45, 7) is -0.247. The molecule has 0 radical (unpaired) electrons. The zero-order chi connectivity index (χ0) is 28.3. The van der Waals surface area contributed by atoms with Crippen LogP contribution in [0.3, 0.4) is 0 Å². The van der Waals surface area contributed by atoms with Gasteiger partial charge in [0.25, 0.3) is 11.8 Å². The molecule has 2 N–H and O–H groups in total. The lowest BCUT2D eigenvalue weighted by Crippen LogP contribution is -2.39. The molecule has 0 bridgehead atoms. The zero-order valence-electron chi connectivity index (χ0n) is 21.8. The van der Waals surface area contributed by atoms with Crippen molar-refractivity contribution in [1.82, 2.24) is 10.7 Å². The van der Waals surface area contributed by atoms with Crippen molar-refractivity contribution in [3.8, 4) is 17.2 Å². The van der Waals surface area contributed by atoms with Gasteiger partial charge in [0.15, 0.2) is 6.61 Å². The predicted octanol–water partition coefficient (Wildman–Crippen LogP) is 2.32. The minimum absolute atomic E-state index is 0.134. The summed E-state index contributed by atoms with van der Waals surface area (Å²) in [6, 6.07) is 20.9. The Kier molecular flexibility index (Phi) is 10.3. The number of carbonyl (C=O) groups is 2.